The van der Waals surface area contributed by atoms with E-state index in [1.807, 2.05) is 0 Å². The highest BCUT2D eigenvalue weighted by molar-refractivity contribution is 6.33. The summed E-state index contributed by atoms with van der Waals surface area (Å²) in [5, 5.41) is 0.0271. The number of halogens is 5. The third-order valence-corrected chi connectivity index (χ3v) is 4.29. The molecule has 0 saturated carbocycles. The van der Waals surface area contributed by atoms with E-state index in [0.29, 0.717) is 15.7 Å². The van der Waals surface area contributed by atoms with Gasteiger partial charge in [0.1, 0.15) is 11.5 Å². The maximum absolute atomic E-state index is 14.4. The van der Waals surface area contributed by atoms with E-state index >= 15 is 0 Å². The van der Waals surface area contributed by atoms with Crippen molar-refractivity contribution in [3.8, 4) is 16.8 Å². The average Bonchev–Trinajstić information content (AvgIpc) is 2.59. The third kappa shape index (κ3) is 3.40. The van der Waals surface area contributed by atoms with Crippen molar-refractivity contribution in [2.45, 2.75) is 6.18 Å². The lowest BCUT2D eigenvalue weighted by Crippen LogP contribution is -2.41. The Labute approximate surface area is 154 Å². The Kier molecular flexibility index (Phi) is 4.69. The molecule has 2 aromatic carbocycles. The van der Waals surface area contributed by atoms with Crippen molar-refractivity contribution in [1.29, 1.82) is 0 Å². The molecule has 27 heavy (non-hydrogen) atoms. The molecule has 0 radical (unpaired) electrons. The highest BCUT2D eigenvalue weighted by Crippen LogP contribution is 2.31. The molecule has 9 heteroatoms. The molecular formula is C18H11ClF4N2O2. The highest BCUT2D eigenvalue weighted by atomic mass is 35.5. The number of nitrogens with zero attached hydrogens (tertiary/aromatic N) is 2. The van der Waals surface area contributed by atoms with E-state index in [4.69, 9.17) is 11.6 Å². The molecule has 0 amide bonds. The lowest BCUT2D eigenvalue weighted by Gasteiger charge is -2.15. The summed E-state index contributed by atoms with van der Waals surface area (Å²) >= 11 is 6.06. The van der Waals surface area contributed by atoms with E-state index in [1.165, 1.54) is 0 Å². The van der Waals surface area contributed by atoms with Crippen LogP contribution in [0.4, 0.5) is 17.6 Å². The fourth-order valence-corrected chi connectivity index (χ4v) is 2.93. The first-order valence-electron chi connectivity index (χ1n) is 7.56. The van der Waals surface area contributed by atoms with Crippen LogP contribution >= 0.6 is 11.6 Å². The SMILES string of the molecule is Cn1c(C(F)(F)F)cc(=O)n(-c2cc(-c3ccccc3)c(Cl)cc2F)c1=O. The Hall–Kier alpha value is -2.87. The van der Waals surface area contributed by atoms with Gasteiger partial charge in [-0.3, -0.25) is 9.36 Å². The molecule has 3 rings (SSSR count). The van der Waals surface area contributed by atoms with Gasteiger partial charge in [-0.1, -0.05) is 41.9 Å². The average molecular weight is 399 g/mol. The molecule has 0 spiro atoms. The van der Waals surface area contributed by atoms with Crippen LogP contribution in [0.1, 0.15) is 5.69 Å². The molecule has 0 aliphatic heterocycles. The minimum Gasteiger partial charge on any atom is -0.292 e. The Balaban J connectivity index is 2.32. The second-order valence-corrected chi connectivity index (χ2v) is 6.10. The van der Waals surface area contributed by atoms with Gasteiger partial charge in [0.15, 0.2) is 0 Å². The van der Waals surface area contributed by atoms with Gasteiger partial charge in [-0.2, -0.15) is 13.2 Å². The molecule has 0 aliphatic carbocycles. The summed E-state index contributed by atoms with van der Waals surface area (Å²) in [7, 11) is 0.854. The van der Waals surface area contributed by atoms with Gasteiger partial charge in [0.2, 0.25) is 0 Å². The summed E-state index contributed by atoms with van der Waals surface area (Å²) in [6.45, 7) is 0. The van der Waals surface area contributed by atoms with Gasteiger partial charge in [0, 0.05) is 18.7 Å². The van der Waals surface area contributed by atoms with Gasteiger partial charge in [-0.15, -0.1) is 0 Å². The van der Waals surface area contributed by atoms with Crippen LogP contribution in [0.2, 0.25) is 5.02 Å². The first-order valence-corrected chi connectivity index (χ1v) is 7.94. The summed E-state index contributed by atoms with van der Waals surface area (Å²) in [5.41, 5.74) is -3.63. The van der Waals surface area contributed by atoms with Crippen molar-refractivity contribution in [2.24, 2.45) is 7.05 Å². The normalized spacial score (nSPS) is 11.6. The molecule has 0 unspecified atom stereocenters. The second kappa shape index (κ2) is 6.70. The van der Waals surface area contributed by atoms with Gasteiger partial charge in [-0.05, 0) is 17.7 Å². The van der Waals surface area contributed by atoms with E-state index < -0.39 is 34.6 Å². The maximum Gasteiger partial charge on any atom is 0.431 e. The monoisotopic (exact) mass is 398 g/mol. The lowest BCUT2D eigenvalue weighted by molar-refractivity contribution is -0.144. The van der Waals surface area contributed by atoms with Crippen molar-refractivity contribution < 1.29 is 17.6 Å². The molecule has 1 heterocycles. The predicted molar refractivity (Wildman–Crippen MR) is 92.7 cm³/mol. The van der Waals surface area contributed by atoms with Crippen LogP contribution in [0.3, 0.4) is 0 Å². The number of hydrogen-bond donors (Lipinski definition) is 0. The van der Waals surface area contributed by atoms with E-state index in [1.54, 1.807) is 30.3 Å². The molecular weight excluding hydrogens is 388 g/mol. The molecule has 0 atom stereocenters. The van der Waals surface area contributed by atoms with Gasteiger partial charge in [0.05, 0.1) is 10.7 Å². The number of aromatic nitrogens is 2. The van der Waals surface area contributed by atoms with Crippen LogP contribution in [0.15, 0.2) is 58.1 Å². The molecule has 0 saturated heterocycles. The summed E-state index contributed by atoms with van der Waals surface area (Å²) in [6, 6.07) is 10.8. The quantitative estimate of drug-likeness (QED) is 0.612. The van der Waals surface area contributed by atoms with Crippen molar-refractivity contribution in [3.05, 3.63) is 85.9 Å². The standard InChI is InChI=1S/C18H11ClF4N2O2/c1-24-15(18(21,22)23)9-16(26)25(17(24)27)14-7-11(12(19)8-13(14)20)10-5-3-2-4-6-10/h2-9H,1H3. The molecule has 3 aromatic rings. The Bertz CT molecular complexity index is 1140. The lowest BCUT2D eigenvalue weighted by atomic mass is 10.0. The van der Waals surface area contributed by atoms with Gasteiger partial charge in [-0.25, -0.2) is 13.8 Å². The molecule has 0 bridgehead atoms. The van der Waals surface area contributed by atoms with Crippen LogP contribution in [-0.4, -0.2) is 9.13 Å². The molecule has 140 valence electrons. The molecule has 0 aliphatic rings. The summed E-state index contributed by atoms with van der Waals surface area (Å²) in [5.74, 6) is -1.02. The van der Waals surface area contributed by atoms with Gasteiger partial charge < -0.3 is 0 Å². The fraction of sp³-hybridized carbons (Fsp3) is 0.111. The van der Waals surface area contributed by atoms with Crippen molar-refractivity contribution in [3.63, 3.8) is 0 Å². The Morgan fingerprint density at radius 1 is 1.00 bits per heavy atom. The van der Waals surface area contributed by atoms with E-state index in [9.17, 15) is 27.2 Å². The van der Waals surface area contributed by atoms with Crippen LogP contribution in [0, 0.1) is 5.82 Å². The van der Waals surface area contributed by atoms with Crippen LogP contribution in [-0.2, 0) is 13.2 Å². The smallest absolute Gasteiger partial charge is 0.292 e. The number of benzene rings is 2. The first kappa shape index (κ1) is 18.9. The zero-order valence-corrected chi connectivity index (χ0v) is 14.5. The Morgan fingerprint density at radius 3 is 2.22 bits per heavy atom. The van der Waals surface area contributed by atoms with Crippen LogP contribution in [0.5, 0.6) is 0 Å². The maximum atomic E-state index is 14.4. The zero-order valence-electron chi connectivity index (χ0n) is 13.7. The van der Waals surface area contributed by atoms with E-state index in [0.717, 1.165) is 19.2 Å². The van der Waals surface area contributed by atoms with Gasteiger partial charge >= 0.3 is 11.9 Å². The summed E-state index contributed by atoms with van der Waals surface area (Å²) < 4.78 is 53.9. The first-order chi connectivity index (χ1) is 12.6. The summed E-state index contributed by atoms with van der Waals surface area (Å²) in [6.07, 6.45) is -4.90. The van der Waals surface area contributed by atoms with Crippen LogP contribution < -0.4 is 11.2 Å². The zero-order chi connectivity index (χ0) is 19.9. The van der Waals surface area contributed by atoms with Gasteiger partial charge in [0.25, 0.3) is 5.56 Å². The summed E-state index contributed by atoms with van der Waals surface area (Å²) in [4.78, 5) is 24.6. The molecule has 4 nitrogen and oxygen atoms in total. The topological polar surface area (TPSA) is 44.0 Å². The predicted octanol–water partition coefficient (Wildman–Crippen LogP) is 4.01. The minimum atomic E-state index is -4.90. The highest BCUT2D eigenvalue weighted by Gasteiger charge is 2.35. The fourth-order valence-electron chi connectivity index (χ4n) is 2.67. The number of hydrogen-bond acceptors (Lipinski definition) is 2. The van der Waals surface area contributed by atoms with E-state index in [-0.39, 0.29) is 15.7 Å². The molecule has 0 N–H and O–H groups in total. The number of rotatable bonds is 2. The van der Waals surface area contributed by atoms with Crippen LogP contribution in [0.25, 0.3) is 16.8 Å². The minimum absolute atomic E-state index is 0.0271. The van der Waals surface area contributed by atoms with Crippen molar-refractivity contribution in [1.82, 2.24) is 9.13 Å². The molecule has 1 aromatic heterocycles. The molecule has 0 fully saturated rings. The third-order valence-electron chi connectivity index (χ3n) is 3.97. The number of alkyl halides is 3. The van der Waals surface area contributed by atoms with Crippen molar-refractivity contribution in [2.75, 3.05) is 0 Å². The largest absolute Gasteiger partial charge is 0.431 e. The Morgan fingerprint density at radius 2 is 1.63 bits per heavy atom. The second-order valence-electron chi connectivity index (χ2n) is 5.69. The van der Waals surface area contributed by atoms with Crippen molar-refractivity contribution >= 4 is 11.6 Å². The van der Waals surface area contributed by atoms with E-state index in [2.05, 4.69) is 0 Å².